The van der Waals surface area contributed by atoms with E-state index in [0.29, 0.717) is 5.56 Å². The molecule has 4 rings (SSSR count). The summed E-state index contributed by atoms with van der Waals surface area (Å²) in [7, 11) is 1.58. The van der Waals surface area contributed by atoms with Crippen molar-refractivity contribution in [3.8, 4) is 0 Å². The Bertz CT molecular complexity index is 630. The largest absolute Gasteiger partial charge is 0.456 e. The van der Waals surface area contributed by atoms with Crippen molar-refractivity contribution in [2.75, 3.05) is 7.11 Å². The number of esters is 1. The van der Waals surface area contributed by atoms with Crippen LogP contribution in [0.1, 0.15) is 37.0 Å². The van der Waals surface area contributed by atoms with Gasteiger partial charge in [0.15, 0.2) is 12.1 Å². The summed E-state index contributed by atoms with van der Waals surface area (Å²) >= 11 is 0. The second-order valence-electron chi connectivity index (χ2n) is 7.00. The quantitative estimate of drug-likeness (QED) is 0.790. The summed E-state index contributed by atoms with van der Waals surface area (Å²) in [5.41, 5.74) is -0.162. The van der Waals surface area contributed by atoms with Crippen molar-refractivity contribution < 1.29 is 28.5 Å². The van der Waals surface area contributed by atoms with Gasteiger partial charge in [-0.25, -0.2) is 4.79 Å². The number of carbonyl (C=O) groups is 1. The summed E-state index contributed by atoms with van der Waals surface area (Å²) in [6.07, 6.45) is -0.0178. The van der Waals surface area contributed by atoms with Crippen molar-refractivity contribution in [3.63, 3.8) is 0 Å². The Balaban J connectivity index is 1.54. The van der Waals surface area contributed by atoms with Crippen LogP contribution in [0.2, 0.25) is 0 Å². The highest BCUT2D eigenvalue weighted by atomic mass is 16.8. The standard InChI is InChI=1S/C18H22O6/c1-17(2)22-13-14(23-17)18(24-16(13)20-3)10-9-12(18)21-15(19)11-7-5-4-6-8-11/h4-8,12-14,16H,9-10H2,1-3H3/t12-,13?,14?,16?,18-/m1/s1. The van der Waals surface area contributed by atoms with Gasteiger partial charge in [0.05, 0.1) is 5.56 Å². The molecule has 3 aliphatic rings. The maximum atomic E-state index is 12.4. The summed E-state index contributed by atoms with van der Waals surface area (Å²) in [5.74, 6) is -1.05. The van der Waals surface area contributed by atoms with E-state index < -0.39 is 17.7 Å². The highest BCUT2D eigenvalue weighted by Gasteiger charge is 2.70. The number of carbonyl (C=O) groups excluding carboxylic acids is 1. The molecule has 3 unspecified atom stereocenters. The van der Waals surface area contributed by atoms with Gasteiger partial charge in [-0.15, -0.1) is 0 Å². The normalized spacial score (nSPS) is 39.5. The van der Waals surface area contributed by atoms with Gasteiger partial charge in [0.2, 0.25) is 0 Å². The van der Waals surface area contributed by atoms with Crippen LogP contribution in [0.25, 0.3) is 0 Å². The smallest absolute Gasteiger partial charge is 0.338 e. The van der Waals surface area contributed by atoms with E-state index in [9.17, 15) is 4.79 Å². The zero-order valence-corrected chi connectivity index (χ0v) is 14.1. The summed E-state index contributed by atoms with van der Waals surface area (Å²) in [6, 6.07) is 8.96. The lowest BCUT2D eigenvalue weighted by atomic mass is 9.72. The molecule has 5 atom stereocenters. The lowest BCUT2D eigenvalue weighted by molar-refractivity contribution is -0.288. The molecule has 1 saturated carbocycles. The molecule has 0 amide bonds. The van der Waals surface area contributed by atoms with Gasteiger partial charge in [-0.3, -0.25) is 0 Å². The van der Waals surface area contributed by atoms with Crippen molar-refractivity contribution in [3.05, 3.63) is 35.9 Å². The fourth-order valence-electron chi connectivity index (χ4n) is 3.84. The third kappa shape index (κ3) is 2.37. The van der Waals surface area contributed by atoms with Crippen molar-refractivity contribution in [1.29, 1.82) is 0 Å². The van der Waals surface area contributed by atoms with E-state index in [4.69, 9.17) is 23.7 Å². The highest BCUT2D eigenvalue weighted by Crippen LogP contribution is 2.54. The van der Waals surface area contributed by atoms with Crippen LogP contribution in [0.5, 0.6) is 0 Å². The van der Waals surface area contributed by atoms with E-state index in [1.54, 1.807) is 19.2 Å². The first kappa shape index (κ1) is 16.0. The number of methoxy groups -OCH3 is 1. The lowest BCUT2D eigenvalue weighted by Gasteiger charge is -2.47. The monoisotopic (exact) mass is 334 g/mol. The van der Waals surface area contributed by atoms with Crippen LogP contribution in [-0.4, -0.2) is 49.1 Å². The predicted molar refractivity (Wildman–Crippen MR) is 83.3 cm³/mol. The topological polar surface area (TPSA) is 63.2 Å². The maximum absolute atomic E-state index is 12.4. The fraction of sp³-hybridized carbons (Fsp3) is 0.611. The van der Waals surface area contributed by atoms with E-state index in [0.717, 1.165) is 12.8 Å². The second kappa shape index (κ2) is 5.52. The van der Waals surface area contributed by atoms with Crippen molar-refractivity contribution in [2.45, 2.75) is 62.7 Å². The molecule has 6 heteroatoms. The first-order chi connectivity index (χ1) is 11.5. The van der Waals surface area contributed by atoms with Gasteiger partial charge < -0.3 is 23.7 Å². The van der Waals surface area contributed by atoms with Gasteiger partial charge >= 0.3 is 5.97 Å². The van der Waals surface area contributed by atoms with Gasteiger partial charge in [-0.2, -0.15) is 0 Å². The lowest BCUT2D eigenvalue weighted by Crippen LogP contribution is -2.61. The van der Waals surface area contributed by atoms with Gasteiger partial charge in [0.25, 0.3) is 0 Å². The fourth-order valence-corrected chi connectivity index (χ4v) is 3.84. The van der Waals surface area contributed by atoms with Crippen LogP contribution in [0.3, 0.4) is 0 Å². The molecule has 1 aromatic carbocycles. The summed E-state index contributed by atoms with van der Waals surface area (Å²) in [5, 5.41) is 0. The molecular formula is C18H22O6. The molecule has 2 saturated heterocycles. The molecule has 1 aliphatic carbocycles. The summed E-state index contributed by atoms with van der Waals surface area (Å²) in [6.45, 7) is 3.74. The molecule has 0 radical (unpaired) electrons. The Morgan fingerprint density at radius 3 is 2.54 bits per heavy atom. The molecule has 6 nitrogen and oxygen atoms in total. The van der Waals surface area contributed by atoms with Crippen LogP contribution in [-0.2, 0) is 23.7 Å². The Hall–Kier alpha value is -1.47. The van der Waals surface area contributed by atoms with Crippen LogP contribution in [0, 0.1) is 0 Å². The van der Waals surface area contributed by atoms with Crippen molar-refractivity contribution in [2.24, 2.45) is 0 Å². The van der Waals surface area contributed by atoms with E-state index >= 15 is 0 Å². The minimum atomic E-state index is -0.702. The third-order valence-electron chi connectivity index (χ3n) is 5.05. The second-order valence-corrected chi connectivity index (χ2v) is 7.00. The predicted octanol–water partition coefficient (Wildman–Crippen LogP) is 2.27. The van der Waals surface area contributed by atoms with Crippen LogP contribution in [0.15, 0.2) is 30.3 Å². The summed E-state index contributed by atoms with van der Waals surface area (Å²) in [4.78, 5) is 12.4. The van der Waals surface area contributed by atoms with E-state index in [-0.39, 0.29) is 24.3 Å². The SMILES string of the molecule is COC1O[C@@]2(CC[C@H]2OC(=O)c2ccccc2)C2OC(C)(C)OC12. The molecule has 0 aromatic heterocycles. The average molecular weight is 334 g/mol. The van der Waals surface area contributed by atoms with Crippen LogP contribution < -0.4 is 0 Å². The van der Waals surface area contributed by atoms with Crippen molar-refractivity contribution in [1.82, 2.24) is 0 Å². The minimum absolute atomic E-state index is 0.306. The molecule has 3 fully saturated rings. The molecule has 2 aliphatic heterocycles. The van der Waals surface area contributed by atoms with Gasteiger partial charge in [0.1, 0.15) is 23.9 Å². The van der Waals surface area contributed by atoms with E-state index in [1.165, 1.54) is 0 Å². The Kier molecular flexibility index (Phi) is 3.69. The van der Waals surface area contributed by atoms with E-state index in [1.807, 2.05) is 32.0 Å². The average Bonchev–Trinajstić information content (AvgIpc) is 3.04. The first-order valence-corrected chi connectivity index (χ1v) is 8.27. The molecule has 0 bridgehead atoms. The minimum Gasteiger partial charge on any atom is -0.456 e. The zero-order chi connectivity index (χ0) is 16.9. The molecule has 24 heavy (non-hydrogen) atoms. The van der Waals surface area contributed by atoms with Crippen LogP contribution >= 0.6 is 0 Å². The number of hydrogen-bond acceptors (Lipinski definition) is 6. The number of benzene rings is 1. The van der Waals surface area contributed by atoms with Gasteiger partial charge in [-0.1, -0.05) is 18.2 Å². The number of ether oxygens (including phenoxy) is 5. The third-order valence-corrected chi connectivity index (χ3v) is 5.05. The highest BCUT2D eigenvalue weighted by molar-refractivity contribution is 5.89. The molecular weight excluding hydrogens is 312 g/mol. The van der Waals surface area contributed by atoms with Crippen LogP contribution in [0.4, 0.5) is 0 Å². The Morgan fingerprint density at radius 2 is 1.92 bits per heavy atom. The zero-order valence-electron chi connectivity index (χ0n) is 14.1. The Labute approximate surface area is 141 Å². The molecule has 0 N–H and O–H groups in total. The molecule has 130 valence electrons. The van der Waals surface area contributed by atoms with Crippen molar-refractivity contribution >= 4 is 5.97 Å². The molecule has 1 spiro atoms. The number of rotatable bonds is 3. The molecule has 1 aromatic rings. The Morgan fingerprint density at radius 1 is 1.17 bits per heavy atom. The molecule has 2 heterocycles. The van der Waals surface area contributed by atoms with Gasteiger partial charge in [0, 0.05) is 7.11 Å². The summed E-state index contributed by atoms with van der Waals surface area (Å²) < 4.78 is 29.2. The number of hydrogen-bond donors (Lipinski definition) is 0. The first-order valence-electron chi connectivity index (χ1n) is 8.27. The number of fused-ring (bicyclic) bond motifs is 2. The van der Waals surface area contributed by atoms with E-state index in [2.05, 4.69) is 0 Å². The maximum Gasteiger partial charge on any atom is 0.338 e. The van der Waals surface area contributed by atoms with Gasteiger partial charge in [-0.05, 0) is 38.8 Å².